The van der Waals surface area contributed by atoms with Crippen molar-refractivity contribution in [3.05, 3.63) is 296 Å². The van der Waals surface area contributed by atoms with Crippen molar-refractivity contribution in [3.63, 3.8) is 0 Å². The van der Waals surface area contributed by atoms with E-state index in [1.54, 1.807) is 0 Å². The van der Waals surface area contributed by atoms with Gasteiger partial charge >= 0.3 is 0 Å². The van der Waals surface area contributed by atoms with Gasteiger partial charge in [0.25, 0.3) is 0 Å². The maximum Gasteiger partial charge on any atom is 0.0547 e. The minimum absolute atomic E-state index is 0.151. The summed E-state index contributed by atoms with van der Waals surface area (Å²) in [5, 5.41) is 4.94. The lowest BCUT2D eigenvalue weighted by Gasteiger charge is -2.28. The molecule has 0 N–H and O–H groups in total. The highest BCUT2D eigenvalue weighted by Gasteiger charge is 2.36. The summed E-state index contributed by atoms with van der Waals surface area (Å²) in [4.78, 5) is 2.44. The molecule has 3 heteroatoms. The molecule has 2 heterocycles. The Balaban J connectivity index is 0.923. The van der Waals surface area contributed by atoms with E-state index in [0.717, 1.165) is 56.3 Å². The van der Waals surface area contributed by atoms with Crippen molar-refractivity contribution in [1.29, 1.82) is 0 Å². The Kier molecular flexibility index (Phi) is 10.6. The van der Waals surface area contributed by atoms with Crippen LogP contribution >= 0.6 is 0 Å². The van der Waals surface area contributed by atoms with E-state index in [2.05, 4.69) is 313 Å². The van der Waals surface area contributed by atoms with Crippen molar-refractivity contribution in [2.75, 3.05) is 4.90 Å². The number of para-hydroxylation sites is 4. The van der Waals surface area contributed by atoms with Gasteiger partial charge in [0, 0.05) is 55.4 Å². The Labute approximate surface area is 454 Å². The van der Waals surface area contributed by atoms with Crippen LogP contribution in [0.1, 0.15) is 25.0 Å². The second-order valence-corrected chi connectivity index (χ2v) is 21.3. The molecule has 2 aromatic heterocycles. The van der Waals surface area contributed by atoms with E-state index >= 15 is 0 Å². The molecule has 78 heavy (non-hydrogen) atoms. The molecule has 1 aliphatic carbocycles. The summed E-state index contributed by atoms with van der Waals surface area (Å²) in [7, 11) is 0. The van der Waals surface area contributed by atoms with Crippen molar-refractivity contribution < 1.29 is 0 Å². The molecule has 0 unspecified atom stereocenters. The normalized spacial score (nSPS) is 12.6. The van der Waals surface area contributed by atoms with E-state index in [1.807, 2.05) is 0 Å². The van der Waals surface area contributed by atoms with E-state index in [9.17, 15) is 0 Å². The Hall–Kier alpha value is -9.96. The number of fused-ring (bicyclic) bond motifs is 9. The van der Waals surface area contributed by atoms with E-state index < -0.39 is 0 Å². The first-order chi connectivity index (χ1) is 38.4. The van der Waals surface area contributed by atoms with Gasteiger partial charge in [-0.15, -0.1) is 0 Å². The first kappa shape index (κ1) is 45.4. The molecular weight excluding hydrogens is 943 g/mol. The third-order valence-electron chi connectivity index (χ3n) is 16.5. The van der Waals surface area contributed by atoms with Crippen molar-refractivity contribution in [3.8, 4) is 67.0 Å². The Bertz CT molecular complexity index is 4620. The number of nitrogens with zero attached hydrogens (tertiary/aromatic N) is 3. The highest BCUT2D eigenvalue weighted by Crippen LogP contribution is 2.51. The zero-order valence-corrected chi connectivity index (χ0v) is 43.5. The van der Waals surface area contributed by atoms with Gasteiger partial charge in [-0.1, -0.05) is 190 Å². The predicted octanol–water partition coefficient (Wildman–Crippen LogP) is 20.3. The van der Waals surface area contributed by atoms with E-state index in [-0.39, 0.29) is 5.41 Å². The Morgan fingerprint density at radius 2 is 0.718 bits per heavy atom. The van der Waals surface area contributed by atoms with Crippen LogP contribution in [0.3, 0.4) is 0 Å². The zero-order valence-electron chi connectivity index (χ0n) is 43.5. The van der Waals surface area contributed by atoms with Gasteiger partial charge in [0.15, 0.2) is 0 Å². The van der Waals surface area contributed by atoms with Crippen molar-refractivity contribution >= 4 is 60.7 Å². The maximum atomic E-state index is 2.44. The van der Waals surface area contributed by atoms with Crippen LogP contribution in [0.4, 0.5) is 17.1 Å². The van der Waals surface area contributed by atoms with Crippen LogP contribution in [-0.4, -0.2) is 9.13 Å². The van der Waals surface area contributed by atoms with Gasteiger partial charge in [0.05, 0.1) is 22.1 Å². The van der Waals surface area contributed by atoms with E-state index in [0.29, 0.717) is 0 Å². The average Bonchev–Trinajstić information content (AvgIpc) is 4.27. The molecule has 368 valence electrons. The highest BCUT2D eigenvalue weighted by molar-refractivity contribution is 6.12. The molecule has 0 fully saturated rings. The predicted molar refractivity (Wildman–Crippen MR) is 329 cm³/mol. The van der Waals surface area contributed by atoms with E-state index in [4.69, 9.17) is 0 Å². The average molecular weight is 996 g/mol. The molecule has 3 nitrogen and oxygen atoms in total. The number of aromatic nitrogens is 2. The van der Waals surface area contributed by atoms with Crippen molar-refractivity contribution in [2.45, 2.75) is 19.3 Å². The second kappa shape index (κ2) is 18.1. The van der Waals surface area contributed by atoms with Crippen molar-refractivity contribution in [2.24, 2.45) is 0 Å². The van der Waals surface area contributed by atoms with Gasteiger partial charge in [0.1, 0.15) is 0 Å². The lowest BCUT2D eigenvalue weighted by atomic mass is 9.82. The minimum Gasteiger partial charge on any atom is -0.310 e. The van der Waals surface area contributed by atoms with Crippen molar-refractivity contribution in [1.82, 2.24) is 9.13 Å². The molecule has 15 rings (SSSR count). The van der Waals surface area contributed by atoms with Gasteiger partial charge in [-0.05, 0) is 176 Å². The topological polar surface area (TPSA) is 13.1 Å². The second-order valence-electron chi connectivity index (χ2n) is 21.3. The first-order valence-electron chi connectivity index (χ1n) is 27.1. The van der Waals surface area contributed by atoms with Crippen LogP contribution in [-0.2, 0) is 5.41 Å². The lowest BCUT2D eigenvalue weighted by Crippen LogP contribution is -2.16. The molecule has 0 aliphatic heterocycles. The molecule has 0 bridgehead atoms. The molecule has 0 spiro atoms. The molecule has 14 aromatic rings. The fourth-order valence-corrected chi connectivity index (χ4v) is 12.7. The minimum atomic E-state index is -0.151. The van der Waals surface area contributed by atoms with Gasteiger partial charge in [-0.3, -0.25) is 0 Å². The summed E-state index contributed by atoms with van der Waals surface area (Å²) in [6.45, 7) is 4.73. The molecule has 0 saturated heterocycles. The van der Waals surface area contributed by atoms with Gasteiger partial charge in [0.2, 0.25) is 0 Å². The number of benzene rings is 12. The SMILES string of the molecule is CC1(C)c2ccccc2-c2ccc(N(c3ccc(-c4ccccc4)cc3)c3cccc(-c4cc(-c5ccc6c(c5)c5ccccc5n6-c5ccccc5)cc(-c5ccc6c7ccccc7n(-c7ccccc7)c6c5)c4)c3)cc21. The summed E-state index contributed by atoms with van der Waals surface area (Å²) < 4.78 is 4.81. The molecule has 0 atom stereocenters. The monoisotopic (exact) mass is 995 g/mol. The standard InChI is InChI=1S/C75H53N3/c1-75(2)69-30-15-12-27-63(69)64-41-39-62(49-70(64)75)76(60-37-33-51(34-38-60)50-19-6-3-7-20-50)61-26-18-21-52(46-61)55-43-56(53-36-42-73-68(47-53)66-29-14-17-32-72(66)77(73)58-22-8-4-9-23-58)45-57(44-55)54-35-40-67-65-28-13-16-31-71(65)78(74(67)48-54)59-24-10-5-11-25-59/h3-49H,1-2H3. The third-order valence-corrected chi connectivity index (χ3v) is 16.5. The lowest BCUT2D eigenvalue weighted by molar-refractivity contribution is 0.660. The van der Waals surface area contributed by atoms with Crippen LogP contribution in [0.25, 0.3) is 111 Å². The fraction of sp³-hybridized carbons (Fsp3) is 0.0400. The summed E-state index contributed by atoms with van der Waals surface area (Å²) >= 11 is 0. The molecular formula is C75H53N3. The van der Waals surface area contributed by atoms with E-state index in [1.165, 1.54) is 82.6 Å². The summed E-state index contributed by atoms with van der Waals surface area (Å²) in [5.41, 5.74) is 24.8. The van der Waals surface area contributed by atoms with Crippen LogP contribution in [0.2, 0.25) is 0 Å². The van der Waals surface area contributed by atoms with Crippen LogP contribution in [0, 0.1) is 0 Å². The summed E-state index contributed by atoms with van der Waals surface area (Å²) in [6, 6.07) is 105. The largest absolute Gasteiger partial charge is 0.310 e. The Morgan fingerprint density at radius 3 is 1.41 bits per heavy atom. The number of rotatable bonds is 9. The summed E-state index contributed by atoms with van der Waals surface area (Å²) in [5.74, 6) is 0. The van der Waals surface area contributed by atoms with Gasteiger partial charge in [-0.2, -0.15) is 0 Å². The van der Waals surface area contributed by atoms with Crippen LogP contribution < -0.4 is 4.90 Å². The molecule has 1 aliphatic rings. The highest BCUT2D eigenvalue weighted by atomic mass is 15.1. The molecule has 0 saturated carbocycles. The number of hydrogen-bond donors (Lipinski definition) is 0. The summed E-state index contributed by atoms with van der Waals surface area (Å²) in [6.07, 6.45) is 0. The van der Waals surface area contributed by atoms with Crippen LogP contribution in [0.5, 0.6) is 0 Å². The fourth-order valence-electron chi connectivity index (χ4n) is 12.7. The number of hydrogen-bond acceptors (Lipinski definition) is 1. The smallest absolute Gasteiger partial charge is 0.0547 e. The quantitative estimate of drug-likeness (QED) is 0.140. The van der Waals surface area contributed by atoms with Gasteiger partial charge in [-0.25, -0.2) is 0 Å². The molecule has 12 aromatic carbocycles. The van der Waals surface area contributed by atoms with Gasteiger partial charge < -0.3 is 14.0 Å². The molecule has 0 amide bonds. The molecule has 0 radical (unpaired) electrons. The zero-order chi connectivity index (χ0) is 51.9. The van der Waals surface area contributed by atoms with Crippen LogP contribution in [0.15, 0.2) is 285 Å². The Morgan fingerprint density at radius 1 is 0.256 bits per heavy atom. The number of anilines is 3. The maximum absolute atomic E-state index is 2.44. The first-order valence-corrected chi connectivity index (χ1v) is 27.1. The third kappa shape index (κ3) is 7.42.